The average Bonchev–Trinajstić information content (AvgIpc) is 3.41. The molecule has 3 aromatic rings. The van der Waals surface area contributed by atoms with Gasteiger partial charge in [-0.15, -0.1) is 11.8 Å². The second kappa shape index (κ2) is 14.1. The van der Waals surface area contributed by atoms with Crippen LogP contribution in [0.1, 0.15) is 47.9 Å². The van der Waals surface area contributed by atoms with E-state index in [-0.39, 0.29) is 23.6 Å². The molecule has 4 rings (SSSR count). The molecule has 1 N–H and O–H groups in total. The van der Waals surface area contributed by atoms with E-state index in [1.807, 2.05) is 61.5 Å². The summed E-state index contributed by atoms with van der Waals surface area (Å²) in [6.45, 7) is 2.40. The fraction of sp³-hybridized carbons (Fsp3) is 0.355. The van der Waals surface area contributed by atoms with Gasteiger partial charge in [-0.1, -0.05) is 102 Å². The van der Waals surface area contributed by atoms with E-state index in [1.165, 1.54) is 11.8 Å². The number of carbonyl (C=O) groups excluding carboxylic acids is 2. The number of hydrogen-bond donors (Lipinski definition) is 1. The number of amides is 2. The molecular weight excluding hydrogens is 535 g/mol. The molecule has 0 aliphatic heterocycles. The summed E-state index contributed by atoms with van der Waals surface area (Å²) in [4.78, 5) is 29.3. The maximum absolute atomic E-state index is 13.8. The van der Waals surface area contributed by atoms with Gasteiger partial charge >= 0.3 is 0 Å². The SMILES string of the molecule is Cc1cccc(CN(C(=O)CSCc2c(Cl)cccc2Cl)[C@H](Cc2ccccc2)C(=O)NC2CCCC2)c1. The summed E-state index contributed by atoms with van der Waals surface area (Å²) in [5.41, 5.74) is 3.96. The molecular formula is C31H34Cl2N2O2S. The van der Waals surface area contributed by atoms with Crippen molar-refractivity contribution < 1.29 is 9.59 Å². The third-order valence-electron chi connectivity index (χ3n) is 6.94. The van der Waals surface area contributed by atoms with Gasteiger partial charge in [0.2, 0.25) is 11.8 Å². The maximum atomic E-state index is 13.8. The van der Waals surface area contributed by atoms with Gasteiger partial charge in [0.25, 0.3) is 0 Å². The van der Waals surface area contributed by atoms with Crippen LogP contribution in [-0.2, 0) is 28.3 Å². The summed E-state index contributed by atoms with van der Waals surface area (Å²) < 4.78 is 0. The number of nitrogens with one attached hydrogen (secondary N) is 1. The van der Waals surface area contributed by atoms with Crippen LogP contribution in [0, 0.1) is 6.92 Å². The Balaban J connectivity index is 1.58. The van der Waals surface area contributed by atoms with E-state index in [4.69, 9.17) is 23.2 Å². The lowest BCUT2D eigenvalue weighted by atomic mass is 10.0. The molecule has 1 fully saturated rings. The predicted molar refractivity (Wildman–Crippen MR) is 159 cm³/mol. The average molecular weight is 570 g/mol. The van der Waals surface area contributed by atoms with Crippen LogP contribution in [0.3, 0.4) is 0 Å². The first-order valence-corrected chi connectivity index (χ1v) is 15.0. The molecule has 7 heteroatoms. The normalized spacial score (nSPS) is 14.3. The van der Waals surface area contributed by atoms with Gasteiger partial charge in [-0.25, -0.2) is 0 Å². The quantitative estimate of drug-likeness (QED) is 0.265. The van der Waals surface area contributed by atoms with E-state index in [0.29, 0.717) is 28.8 Å². The number of hydrogen-bond acceptors (Lipinski definition) is 3. The van der Waals surface area contributed by atoms with Gasteiger partial charge in [-0.2, -0.15) is 0 Å². The van der Waals surface area contributed by atoms with Crippen molar-refractivity contribution in [1.82, 2.24) is 10.2 Å². The van der Waals surface area contributed by atoms with E-state index in [9.17, 15) is 9.59 Å². The minimum atomic E-state index is -0.615. The molecule has 38 heavy (non-hydrogen) atoms. The molecule has 0 radical (unpaired) electrons. The zero-order valence-corrected chi connectivity index (χ0v) is 24.0. The third-order valence-corrected chi connectivity index (χ3v) is 8.59. The Hall–Kier alpha value is -2.47. The number of rotatable bonds is 11. The molecule has 200 valence electrons. The van der Waals surface area contributed by atoms with Crippen LogP contribution in [-0.4, -0.2) is 34.6 Å². The lowest BCUT2D eigenvalue weighted by Gasteiger charge is -2.32. The van der Waals surface area contributed by atoms with Gasteiger partial charge in [0.1, 0.15) is 6.04 Å². The molecule has 0 bridgehead atoms. The summed E-state index contributed by atoms with van der Waals surface area (Å²) in [5, 5.41) is 4.43. The molecule has 0 unspecified atom stereocenters. The molecule has 3 aromatic carbocycles. The zero-order chi connectivity index (χ0) is 26.9. The van der Waals surface area contributed by atoms with E-state index < -0.39 is 6.04 Å². The minimum Gasteiger partial charge on any atom is -0.352 e. The van der Waals surface area contributed by atoms with Crippen molar-refractivity contribution >= 4 is 46.8 Å². The number of halogens is 2. The number of nitrogens with zero attached hydrogens (tertiary/aromatic N) is 1. The summed E-state index contributed by atoms with van der Waals surface area (Å²) in [7, 11) is 0. The highest BCUT2D eigenvalue weighted by Gasteiger charge is 2.32. The fourth-order valence-corrected chi connectivity index (χ4v) is 6.57. The zero-order valence-electron chi connectivity index (χ0n) is 21.7. The van der Waals surface area contributed by atoms with Crippen molar-refractivity contribution in [2.45, 2.75) is 63.4 Å². The second-order valence-electron chi connectivity index (χ2n) is 9.90. The summed E-state index contributed by atoms with van der Waals surface area (Å²) >= 11 is 14.2. The molecule has 1 aliphatic carbocycles. The predicted octanol–water partition coefficient (Wildman–Crippen LogP) is 7.23. The second-order valence-corrected chi connectivity index (χ2v) is 11.7. The van der Waals surface area contributed by atoms with E-state index in [0.717, 1.165) is 47.9 Å². The Morgan fingerprint density at radius 2 is 1.61 bits per heavy atom. The van der Waals surface area contributed by atoms with Crippen LogP contribution >= 0.6 is 35.0 Å². The molecule has 1 saturated carbocycles. The largest absolute Gasteiger partial charge is 0.352 e. The lowest BCUT2D eigenvalue weighted by Crippen LogP contribution is -2.52. The Morgan fingerprint density at radius 1 is 0.947 bits per heavy atom. The first kappa shape index (κ1) is 28.5. The molecule has 2 amide bonds. The monoisotopic (exact) mass is 568 g/mol. The van der Waals surface area contributed by atoms with E-state index >= 15 is 0 Å². The third kappa shape index (κ3) is 8.02. The molecule has 1 aliphatic rings. The molecule has 0 spiro atoms. The molecule has 0 heterocycles. The van der Waals surface area contributed by atoms with E-state index in [1.54, 1.807) is 17.0 Å². The van der Waals surface area contributed by atoms with Crippen LogP contribution in [0.4, 0.5) is 0 Å². The minimum absolute atomic E-state index is 0.0813. The van der Waals surface area contributed by atoms with Gasteiger partial charge in [-0.3, -0.25) is 9.59 Å². The molecule has 1 atom stereocenters. The van der Waals surface area contributed by atoms with Gasteiger partial charge in [0.05, 0.1) is 5.75 Å². The van der Waals surface area contributed by atoms with Crippen LogP contribution in [0.25, 0.3) is 0 Å². The van der Waals surface area contributed by atoms with Crippen molar-refractivity contribution in [3.8, 4) is 0 Å². The van der Waals surface area contributed by atoms with Crippen molar-refractivity contribution in [3.63, 3.8) is 0 Å². The first-order valence-electron chi connectivity index (χ1n) is 13.1. The molecule has 0 aromatic heterocycles. The number of thioether (sulfide) groups is 1. The number of carbonyl (C=O) groups is 2. The van der Waals surface area contributed by atoms with Crippen molar-refractivity contribution in [2.24, 2.45) is 0 Å². The Kier molecular flexibility index (Phi) is 10.6. The maximum Gasteiger partial charge on any atom is 0.243 e. The van der Waals surface area contributed by atoms with E-state index in [2.05, 4.69) is 11.4 Å². The van der Waals surface area contributed by atoms with Gasteiger partial charge in [-0.05, 0) is 48.6 Å². The van der Waals surface area contributed by atoms with Crippen LogP contribution in [0.15, 0.2) is 72.8 Å². The van der Waals surface area contributed by atoms with Gasteiger partial charge in [0.15, 0.2) is 0 Å². The van der Waals surface area contributed by atoms with Crippen LogP contribution in [0.2, 0.25) is 10.0 Å². The highest BCUT2D eigenvalue weighted by molar-refractivity contribution is 7.99. The Bertz CT molecular complexity index is 1210. The van der Waals surface area contributed by atoms with Crippen molar-refractivity contribution in [1.29, 1.82) is 0 Å². The summed E-state index contributed by atoms with van der Waals surface area (Å²) in [6, 6.07) is 23.0. The molecule has 4 nitrogen and oxygen atoms in total. The van der Waals surface area contributed by atoms with Gasteiger partial charge < -0.3 is 10.2 Å². The Labute approximate surface area is 240 Å². The standard InChI is InChI=1S/C31H34Cl2N2O2S/c1-22-9-7-12-24(17-22)19-35(30(36)21-38-20-26-27(32)15-8-16-28(26)33)29(18-23-10-3-2-4-11-23)31(37)34-25-13-5-6-14-25/h2-4,7-12,15-17,25,29H,5-6,13-14,18-21H2,1H3,(H,34,37)/t29-/m1/s1. The smallest absolute Gasteiger partial charge is 0.243 e. The van der Waals surface area contributed by atoms with Crippen molar-refractivity contribution in [3.05, 3.63) is 105 Å². The lowest BCUT2D eigenvalue weighted by molar-refractivity contribution is -0.139. The first-order chi connectivity index (χ1) is 18.4. The topological polar surface area (TPSA) is 49.4 Å². The number of benzene rings is 3. The fourth-order valence-electron chi connectivity index (χ4n) is 4.92. The molecule has 0 saturated heterocycles. The van der Waals surface area contributed by atoms with Crippen LogP contribution in [0.5, 0.6) is 0 Å². The Morgan fingerprint density at radius 3 is 2.29 bits per heavy atom. The summed E-state index contributed by atoms with van der Waals surface area (Å²) in [5.74, 6) is 0.568. The van der Waals surface area contributed by atoms with Crippen LogP contribution < -0.4 is 5.32 Å². The highest BCUT2D eigenvalue weighted by Crippen LogP contribution is 2.29. The highest BCUT2D eigenvalue weighted by atomic mass is 35.5. The number of aryl methyl sites for hydroxylation is 1. The van der Waals surface area contributed by atoms with Gasteiger partial charge in [0, 0.05) is 34.8 Å². The summed E-state index contributed by atoms with van der Waals surface area (Å²) in [6.07, 6.45) is 4.69. The van der Waals surface area contributed by atoms with Crippen molar-refractivity contribution in [2.75, 3.05) is 5.75 Å².